The van der Waals surface area contributed by atoms with Crippen LogP contribution in [0.2, 0.25) is 0 Å². The van der Waals surface area contributed by atoms with E-state index in [1.165, 1.54) is 0 Å². The Morgan fingerprint density at radius 3 is 2.57 bits per heavy atom. The van der Waals surface area contributed by atoms with Crippen LogP contribution in [-0.2, 0) is 4.79 Å². The number of nitrogens with one attached hydrogen (secondary N) is 1. The van der Waals surface area contributed by atoms with Gasteiger partial charge in [0.05, 0.1) is 5.41 Å². The van der Waals surface area contributed by atoms with Crippen LogP contribution in [0.3, 0.4) is 0 Å². The minimum absolute atomic E-state index is 0.282. The fraction of sp³-hybridized carbons (Fsp3) is 0.375. The highest BCUT2D eigenvalue weighted by Crippen LogP contribution is 2.25. The number of rotatable bonds is 5. The first kappa shape index (κ1) is 15.1. The summed E-state index contributed by atoms with van der Waals surface area (Å²) in [6, 6.07) is 7.45. The van der Waals surface area contributed by atoms with Crippen molar-refractivity contribution in [2.24, 2.45) is 5.41 Å². The Morgan fingerprint density at radius 2 is 1.95 bits per heavy atom. The zero-order valence-electron chi connectivity index (χ0n) is 12.4. The lowest BCUT2D eigenvalue weighted by atomic mass is 9.90. The van der Waals surface area contributed by atoms with Crippen molar-refractivity contribution in [3.8, 4) is 0 Å². The molecule has 2 aromatic rings. The highest BCUT2D eigenvalue weighted by molar-refractivity contribution is 5.98. The van der Waals surface area contributed by atoms with Gasteiger partial charge >= 0.3 is 5.97 Å². The van der Waals surface area contributed by atoms with Crippen molar-refractivity contribution in [2.45, 2.75) is 27.2 Å². The number of aryl methyl sites for hydroxylation is 1. The Kier molecular flexibility index (Phi) is 4.02. The van der Waals surface area contributed by atoms with Crippen LogP contribution >= 0.6 is 0 Å². The van der Waals surface area contributed by atoms with Crippen LogP contribution in [0.4, 0.5) is 0 Å². The van der Waals surface area contributed by atoms with Crippen LogP contribution in [0.1, 0.15) is 36.4 Å². The van der Waals surface area contributed by atoms with Crippen LogP contribution in [-0.4, -0.2) is 23.5 Å². The van der Waals surface area contributed by atoms with E-state index in [1.54, 1.807) is 13.8 Å². The lowest BCUT2D eigenvalue weighted by Crippen LogP contribution is -2.32. The molecule has 5 nitrogen and oxygen atoms in total. The lowest BCUT2D eigenvalue weighted by Gasteiger charge is -2.18. The van der Waals surface area contributed by atoms with Gasteiger partial charge in [-0.05, 0) is 33.3 Å². The first-order chi connectivity index (χ1) is 9.83. The zero-order valence-corrected chi connectivity index (χ0v) is 12.4. The molecule has 0 aliphatic rings. The Hall–Kier alpha value is -2.30. The van der Waals surface area contributed by atoms with E-state index in [2.05, 4.69) is 5.32 Å². The number of fused-ring (bicyclic) bond motifs is 1. The molecule has 1 amide bonds. The Morgan fingerprint density at radius 1 is 1.29 bits per heavy atom. The van der Waals surface area contributed by atoms with E-state index in [9.17, 15) is 9.59 Å². The number of carboxylic acids is 1. The second-order valence-corrected chi connectivity index (χ2v) is 5.75. The fourth-order valence-electron chi connectivity index (χ4n) is 2.07. The molecule has 0 aliphatic carbocycles. The largest absolute Gasteiger partial charge is 0.481 e. The third kappa shape index (κ3) is 3.07. The van der Waals surface area contributed by atoms with Crippen LogP contribution in [0, 0.1) is 12.3 Å². The van der Waals surface area contributed by atoms with Gasteiger partial charge in [-0.2, -0.15) is 0 Å². The van der Waals surface area contributed by atoms with Gasteiger partial charge in [0.2, 0.25) is 0 Å². The third-order valence-electron chi connectivity index (χ3n) is 3.66. The van der Waals surface area contributed by atoms with Crippen molar-refractivity contribution in [2.75, 3.05) is 6.54 Å². The number of hydrogen-bond donors (Lipinski definition) is 2. The zero-order chi connectivity index (χ0) is 15.6. The third-order valence-corrected chi connectivity index (χ3v) is 3.66. The number of furan rings is 1. The molecule has 0 aliphatic heterocycles. The molecular weight excluding hydrogens is 270 g/mol. The van der Waals surface area contributed by atoms with Gasteiger partial charge in [0.1, 0.15) is 5.58 Å². The quantitative estimate of drug-likeness (QED) is 0.886. The summed E-state index contributed by atoms with van der Waals surface area (Å²) in [5.74, 6) is -0.911. The molecule has 21 heavy (non-hydrogen) atoms. The van der Waals surface area contributed by atoms with E-state index in [1.807, 2.05) is 31.2 Å². The van der Waals surface area contributed by atoms with Gasteiger partial charge in [-0.25, -0.2) is 0 Å². The Balaban J connectivity index is 2.06. The number of amides is 1. The summed E-state index contributed by atoms with van der Waals surface area (Å²) in [7, 11) is 0. The predicted octanol–water partition coefficient (Wildman–Crippen LogP) is 2.97. The normalized spacial score (nSPS) is 11.6. The van der Waals surface area contributed by atoms with Gasteiger partial charge in [-0.1, -0.05) is 18.2 Å². The maximum Gasteiger partial charge on any atom is 0.309 e. The topological polar surface area (TPSA) is 79.5 Å². The van der Waals surface area contributed by atoms with Crippen molar-refractivity contribution in [1.29, 1.82) is 0 Å². The minimum atomic E-state index is -0.878. The molecule has 0 fully saturated rings. The molecule has 1 aromatic heterocycles. The van der Waals surface area contributed by atoms with Crippen LogP contribution in [0.15, 0.2) is 28.7 Å². The molecule has 0 atom stereocenters. The molecule has 1 aromatic carbocycles. The summed E-state index contributed by atoms with van der Waals surface area (Å²) in [5.41, 5.74) is 0.600. The van der Waals surface area contributed by atoms with Gasteiger partial charge in [0, 0.05) is 17.5 Å². The SMILES string of the molecule is Cc1c(C(=O)NCCC(C)(C)C(=O)O)oc2ccccc12. The summed E-state index contributed by atoms with van der Waals surface area (Å²) in [4.78, 5) is 23.1. The number of carbonyl (C=O) groups excluding carboxylic acids is 1. The average Bonchev–Trinajstić information content (AvgIpc) is 2.76. The summed E-state index contributed by atoms with van der Waals surface area (Å²) >= 11 is 0. The number of para-hydroxylation sites is 1. The molecule has 0 unspecified atom stereocenters. The summed E-state index contributed by atoms with van der Waals surface area (Å²) in [5, 5.41) is 12.7. The van der Waals surface area contributed by atoms with Crippen molar-refractivity contribution in [1.82, 2.24) is 5.32 Å². The van der Waals surface area contributed by atoms with Crippen LogP contribution in [0.5, 0.6) is 0 Å². The minimum Gasteiger partial charge on any atom is -0.481 e. The summed E-state index contributed by atoms with van der Waals surface area (Å²) in [6.07, 6.45) is 0.355. The standard InChI is InChI=1S/C16H19NO4/c1-10-11-6-4-5-7-12(11)21-13(10)14(18)17-9-8-16(2,3)15(19)20/h4-7H,8-9H2,1-3H3,(H,17,18)(H,19,20). The first-order valence-electron chi connectivity index (χ1n) is 6.82. The summed E-state index contributed by atoms with van der Waals surface area (Å²) < 4.78 is 5.56. The number of carbonyl (C=O) groups is 2. The van der Waals surface area contributed by atoms with Crippen molar-refractivity contribution < 1.29 is 19.1 Å². The van der Waals surface area contributed by atoms with E-state index in [4.69, 9.17) is 9.52 Å². The van der Waals surface area contributed by atoms with Gasteiger partial charge in [0.15, 0.2) is 5.76 Å². The maximum atomic E-state index is 12.1. The Labute approximate surface area is 122 Å². The Bertz CT molecular complexity index is 685. The van der Waals surface area contributed by atoms with E-state index < -0.39 is 11.4 Å². The molecule has 1 heterocycles. The number of carboxylic acid groups (broad SMARTS) is 1. The highest BCUT2D eigenvalue weighted by atomic mass is 16.4. The van der Waals surface area contributed by atoms with Gasteiger partial charge in [-0.3, -0.25) is 9.59 Å². The van der Waals surface area contributed by atoms with Gasteiger partial charge in [-0.15, -0.1) is 0 Å². The maximum absolute atomic E-state index is 12.1. The smallest absolute Gasteiger partial charge is 0.309 e. The second-order valence-electron chi connectivity index (χ2n) is 5.75. The first-order valence-corrected chi connectivity index (χ1v) is 6.82. The predicted molar refractivity (Wildman–Crippen MR) is 79.3 cm³/mol. The number of hydrogen-bond acceptors (Lipinski definition) is 3. The van der Waals surface area contributed by atoms with E-state index in [0.29, 0.717) is 12.0 Å². The number of aliphatic carboxylic acids is 1. The van der Waals surface area contributed by atoms with Crippen LogP contribution < -0.4 is 5.32 Å². The molecule has 0 saturated carbocycles. The monoisotopic (exact) mass is 289 g/mol. The fourth-order valence-corrected chi connectivity index (χ4v) is 2.07. The van der Waals surface area contributed by atoms with E-state index in [0.717, 1.165) is 10.9 Å². The lowest BCUT2D eigenvalue weighted by molar-refractivity contribution is -0.147. The average molecular weight is 289 g/mol. The molecule has 5 heteroatoms. The van der Waals surface area contributed by atoms with Crippen molar-refractivity contribution in [3.63, 3.8) is 0 Å². The molecule has 112 valence electrons. The van der Waals surface area contributed by atoms with Crippen molar-refractivity contribution in [3.05, 3.63) is 35.6 Å². The molecule has 0 saturated heterocycles. The van der Waals surface area contributed by atoms with Gasteiger partial charge in [0.25, 0.3) is 5.91 Å². The van der Waals surface area contributed by atoms with E-state index >= 15 is 0 Å². The molecule has 2 N–H and O–H groups in total. The number of benzene rings is 1. The highest BCUT2D eigenvalue weighted by Gasteiger charge is 2.27. The molecule has 2 rings (SSSR count). The molecule has 0 bridgehead atoms. The van der Waals surface area contributed by atoms with Gasteiger partial charge < -0.3 is 14.8 Å². The van der Waals surface area contributed by atoms with Crippen LogP contribution in [0.25, 0.3) is 11.0 Å². The molecular formula is C16H19NO4. The molecule has 0 spiro atoms. The van der Waals surface area contributed by atoms with E-state index in [-0.39, 0.29) is 18.2 Å². The van der Waals surface area contributed by atoms with Crippen molar-refractivity contribution >= 4 is 22.8 Å². The second kappa shape index (κ2) is 5.60. The summed E-state index contributed by atoms with van der Waals surface area (Å²) in [6.45, 7) is 5.39. The molecule has 0 radical (unpaired) electrons.